The lowest BCUT2D eigenvalue weighted by atomic mass is 9.93. The zero-order valence-electron chi connectivity index (χ0n) is 12.7. The Morgan fingerprint density at radius 1 is 0.955 bits per heavy atom. The molecule has 0 N–H and O–H groups in total. The summed E-state index contributed by atoms with van der Waals surface area (Å²) in [5.41, 5.74) is 6.23. The number of benzene rings is 2. The minimum absolute atomic E-state index is 0.734. The van der Waals surface area contributed by atoms with Crippen molar-refractivity contribution in [2.75, 3.05) is 13.6 Å². The summed E-state index contributed by atoms with van der Waals surface area (Å²) in [5, 5.41) is 8.88. The fraction of sp³-hybridized carbons (Fsp3) is 0.150. The zero-order chi connectivity index (χ0) is 15.4. The molecule has 0 atom stereocenters. The van der Waals surface area contributed by atoms with E-state index in [0.29, 0.717) is 0 Å². The van der Waals surface area contributed by atoms with Gasteiger partial charge >= 0.3 is 0 Å². The quantitative estimate of drug-likeness (QED) is 0.527. The van der Waals surface area contributed by atoms with Gasteiger partial charge in [0.05, 0.1) is 0 Å². The van der Waals surface area contributed by atoms with Crippen molar-refractivity contribution in [1.29, 1.82) is 5.26 Å². The first-order chi connectivity index (χ1) is 10.8. The summed E-state index contributed by atoms with van der Waals surface area (Å²) in [6.45, 7) is 0.734. The summed E-state index contributed by atoms with van der Waals surface area (Å²) in [6, 6.07) is 16.9. The van der Waals surface area contributed by atoms with Crippen LogP contribution in [0.15, 0.2) is 54.6 Å². The first kappa shape index (κ1) is 14.2. The maximum atomic E-state index is 8.88. The van der Waals surface area contributed by atoms with Crippen molar-refractivity contribution in [3.63, 3.8) is 0 Å². The van der Waals surface area contributed by atoms with Crippen LogP contribution in [0, 0.1) is 11.5 Å². The van der Waals surface area contributed by atoms with Gasteiger partial charge in [-0.15, -0.1) is 0 Å². The lowest BCUT2D eigenvalue weighted by molar-refractivity contribution is 0.483. The second-order valence-electron chi connectivity index (χ2n) is 5.44. The Bertz CT molecular complexity index is 727. The Kier molecular flexibility index (Phi) is 4.07. The minimum Gasteiger partial charge on any atom is -0.313 e. The predicted octanol–water partition coefficient (Wildman–Crippen LogP) is 4.41. The molecule has 0 spiro atoms. The second-order valence-corrected chi connectivity index (χ2v) is 5.44. The summed E-state index contributed by atoms with van der Waals surface area (Å²) in [4.78, 5) is 1.66. The predicted molar refractivity (Wildman–Crippen MR) is 91.8 cm³/mol. The van der Waals surface area contributed by atoms with Crippen LogP contribution in [0.3, 0.4) is 0 Å². The highest BCUT2D eigenvalue weighted by Crippen LogP contribution is 2.33. The van der Waals surface area contributed by atoms with Gasteiger partial charge in [-0.25, -0.2) is 0 Å². The molecule has 2 nitrogen and oxygen atoms in total. The molecule has 108 valence electrons. The van der Waals surface area contributed by atoms with Crippen LogP contribution in [0.25, 0.3) is 17.7 Å². The largest absolute Gasteiger partial charge is 0.313 e. The Morgan fingerprint density at radius 2 is 1.50 bits per heavy atom. The topological polar surface area (TPSA) is 27.0 Å². The molecule has 0 fully saturated rings. The Hall–Kier alpha value is -2.79. The van der Waals surface area contributed by atoms with E-state index in [9.17, 15) is 0 Å². The van der Waals surface area contributed by atoms with Crippen molar-refractivity contribution < 1.29 is 0 Å². The average Bonchev–Trinajstić information content (AvgIpc) is 2.72. The van der Waals surface area contributed by atoms with E-state index in [4.69, 9.17) is 5.26 Å². The molecule has 0 saturated carbocycles. The molecule has 2 aromatic rings. The SMILES string of the molecule is CN(C#N)CCC=C1c2ccccc2C=Cc2ccccc21. The standard InChI is InChI=1S/C20H18N2/c1-22(15-21)14-6-11-20-18-9-4-2-7-16(18)12-13-17-8-3-5-10-19(17)20/h2-5,7-13H,6,14H2,1H3. The van der Waals surface area contributed by atoms with E-state index < -0.39 is 0 Å². The van der Waals surface area contributed by atoms with Gasteiger partial charge in [0.15, 0.2) is 6.19 Å². The number of hydrogen-bond acceptors (Lipinski definition) is 2. The van der Waals surface area contributed by atoms with Crippen LogP contribution in [-0.4, -0.2) is 18.5 Å². The van der Waals surface area contributed by atoms with Crippen molar-refractivity contribution in [2.45, 2.75) is 6.42 Å². The first-order valence-electron chi connectivity index (χ1n) is 7.47. The molecule has 0 amide bonds. The number of hydrogen-bond donors (Lipinski definition) is 0. The summed E-state index contributed by atoms with van der Waals surface area (Å²) in [6.07, 6.45) is 9.60. The Labute approximate surface area is 131 Å². The highest BCUT2D eigenvalue weighted by Gasteiger charge is 2.13. The van der Waals surface area contributed by atoms with Crippen LogP contribution < -0.4 is 0 Å². The molecule has 1 aliphatic rings. The smallest absolute Gasteiger partial charge is 0.179 e. The molecule has 22 heavy (non-hydrogen) atoms. The van der Waals surface area contributed by atoms with Crippen molar-refractivity contribution in [1.82, 2.24) is 4.90 Å². The van der Waals surface area contributed by atoms with Gasteiger partial charge in [0.1, 0.15) is 0 Å². The molecule has 0 aromatic heterocycles. The Balaban J connectivity index is 2.06. The summed E-state index contributed by atoms with van der Waals surface area (Å²) in [5.74, 6) is 0. The molecule has 2 aromatic carbocycles. The maximum Gasteiger partial charge on any atom is 0.179 e. The monoisotopic (exact) mass is 286 g/mol. The molecule has 0 unspecified atom stereocenters. The Morgan fingerprint density at radius 3 is 2.05 bits per heavy atom. The molecule has 0 radical (unpaired) electrons. The van der Waals surface area contributed by atoms with Gasteiger partial charge in [-0.3, -0.25) is 0 Å². The van der Waals surface area contributed by atoms with E-state index in [1.165, 1.54) is 27.8 Å². The second kappa shape index (κ2) is 6.32. The van der Waals surface area contributed by atoms with Gasteiger partial charge in [0.25, 0.3) is 0 Å². The highest BCUT2D eigenvalue weighted by molar-refractivity contribution is 5.93. The molecule has 0 saturated heterocycles. The molecule has 3 rings (SSSR count). The third-order valence-corrected chi connectivity index (χ3v) is 3.93. The van der Waals surface area contributed by atoms with Gasteiger partial charge in [-0.1, -0.05) is 66.8 Å². The zero-order valence-corrected chi connectivity index (χ0v) is 12.7. The summed E-state index contributed by atoms with van der Waals surface area (Å²) < 4.78 is 0. The minimum atomic E-state index is 0.734. The van der Waals surface area contributed by atoms with Crippen molar-refractivity contribution in [2.24, 2.45) is 0 Å². The lowest BCUT2D eigenvalue weighted by Crippen LogP contribution is -2.11. The molecule has 2 heteroatoms. The number of fused-ring (bicyclic) bond motifs is 2. The first-order valence-corrected chi connectivity index (χ1v) is 7.47. The molecule has 0 aliphatic heterocycles. The van der Waals surface area contributed by atoms with Gasteiger partial charge < -0.3 is 4.90 Å². The molecular formula is C20H18N2. The molecule has 1 aliphatic carbocycles. The van der Waals surface area contributed by atoms with E-state index >= 15 is 0 Å². The van der Waals surface area contributed by atoms with Gasteiger partial charge in [0.2, 0.25) is 0 Å². The van der Waals surface area contributed by atoms with E-state index in [0.717, 1.165) is 13.0 Å². The molecule has 0 heterocycles. The van der Waals surface area contributed by atoms with Crippen LogP contribution >= 0.6 is 0 Å². The molecule has 0 bridgehead atoms. The lowest BCUT2D eigenvalue weighted by Gasteiger charge is -2.13. The van der Waals surface area contributed by atoms with Gasteiger partial charge in [-0.2, -0.15) is 5.26 Å². The van der Waals surface area contributed by atoms with Crippen LogP contribution in [0.5, 0.6) is 0 Å². The third kappa shape index (κ3) is 2.80. The van der Waals surface area contributed by atoms with Crippen LogP contribution in [0.4, 0.5) is 0 Å². The van der Waals surface area contributed by atoms with Crippen LogP contribution in [0.1, 0.15) is 28.7 Å². The van der Waals surface area contributed by atoms with E-state index in [-0.39, 0.29) is 0 Å². The van der Waals surface area contributed by atoms with E-state index in [1.807, 2.05) is 7.05 Å². The third-order valence-electron chi connectivity index (χ3n) is 3.93. The van der Waals surface area contributed by atoms with Crippen molar-refractivity contribution in [3.8, 4) is 6.19 Å². The van der Waals surface area contributed by atoms with Crippen LogP contribution in [-0.2, 0) is 0 Å². The number of nitrogens with zero attached hydrogens (tertiary/aromatic N) is 2. The number of nitriles is 1. The van der Waals surface area contributed by atoms with E-state index in [1.54, 1.807) is 4.90 Å². The fourth-order valence-electron chi connectivity index (χ4n) is 2.77. The maximum absolute atomic E-state index is 8.88. The molecular weight excluding hydrogens is 268 g/mol. The van der Waals surface area contributed by atoms with Crippen molar-refractivity contribution in [3.05, 3.63) is 76.9 Å². The van der Waals surface area contributed by atoms with Gasteiger partial charge in [0, 0.05) is 13.6 Å². The summed E-state index contributed by atoms with van der Waals surface area (Å²) in [7, 11) is 1.81. The van der Waals surface area contributed by atoms with E-state index in [2.05, 4.69) is 73.0 Å². The normalized spacial score (nSPS) is 11.9. The van der Waals surface area contributed by atoms with Crippen LogP contribution in [0.2, 0.25) is 0 Å². The number of rotatable bonds is 3. The highest BCUT2D eigenvalue weighted by atomic mass is 15.1. The van der Waals surface area contributed by atoms with Gasteiger partial charge in [-0.05, 0) is 34.2 Å². The fourth-order valence-corrected chi connectivity index (χ4v) is 2.77. The summed E-state index contributed by atoms with van der Waals surface area (Å²) >= 11 is 0. The average molecular weight is 286 g/mol. The van der Waals surface area contributed by atoms with Crippen molar-refractivity contribution >= 4 is 17.7 Å².